The first-order chi connectivity index (χ1) is 8.21. The first-order valence-electron chi connectivity index (χ1n) is 5.12. The molecule has 1 rings (SSSR count). The van der Waals surface area contributed by atoms with Crippen LogP contribution in [0.15, 0.2) is 22.7 Å². The molecule has 3 N–H and O–H groups in total. The number of amides is 1. The fourth-order valence-corrected chi connectivity index (χ4v) is 1.71. The van der Waals surface area contributed by atoms with Gasteiger partial charge in [-0.25, -0.2) is 0 Å². The van der Waals surface area contributed by atoms with Gasteiger partial charge in [-0.1, -0.05) is 15.9 Å². The number of nitrogens with two attached hydrogens (primary N) is 1. The van der Waals surface area contributed by atoms with Crippen LogP contribution in [-0.2, 0) is 6.18 Å². The zero-order valence-corrected chi connectivity index (χ0v) is 11.1. The molecule has 18 heavy (non-hydrogen) atoms. The first kappa shape index (κ1) is 15.0. The van der Waals surface area contributed by atoms with E-state index in [1.54, 1.807) is 6.92 Å². The molecule has 0 saturated heterocycles. The molecule has 100 valence electrons. The summed E-state index contributed by atoms with van der Waals surface area (Å²) in [5.74, 6) is -0.578. The molecule has 1 aromatic rings. The Morgan fingerprint density at radius 3 is 2.61 bits per heavy atom. The second kappa shape index (κ2) is 5.71. The summed E-state index contributed by atoms with van der Waals surface area (Å²) < 4.78 is 37.8. The molecule has 0 heterocycles. The van der Waals surface area contributed by atoms with E-state index >= 15 is 0 Å². The molecule has 1 aromatic carbocycles. The lowest BCUT2D eigenvalue weighted by molar-refractivity contribution is -0.138. The molecule has 1 amide bonds. The van der Waals surface area contributed by atoms with Crippen LogP contribution in [0.2, 0.25) is 0 Å². The standard InChI is InChI=1S/C11H12BrF3N2O/c1-6(16)5-17-10(18)7-2-3-9(12)8(4-7)11(13,14)15/h2-4,6H,5,16H2,1H3,(H,17,18). The number of carbonyl (C=O) groups is 1. The second-order valence-electron chi connectivity index (χ2n) is 3.88. The van der Waals surface area contributed by atoms with Crippen LogP contribution in [-0.4, -0.2) is 18.5 Å². The van der Waals surface area contributed by atoms with E-state index in [4.69, 9.17) is 5.73 Å². The fraction of sp³-hybridized carbons (Fsp3) is 0.364. The van der Waals surface area contributed by atoms with E-state index in [1.807, 2.05) is 0 Å². The summed E-state index contributed by atoms with van der Waals surface area (Å²) in [6.07, 6.45) is -4.50. The highest BCUT2D eigenvalue weighted by Gasteiger charge is 2.33. The van der Waals surface area contributed by atoms with E-state index in [0.29, 0.717) is 0 Å². The normalized spacial score (nSPS) is 13.2. The van der Waals surface area contributed by atoms with Gasteiger partial charge in [-0.15, -0.1) is 0 Å². The second-order valence-corrected chi connectivity index (χ2v) is 4.73. The molecule has 0 aliphatic carbocycles. The van der Waals surface area contributed by atoms with Gasteiger partial charge in [0.05, 0.1) is 5.56 Å². The molecule has 0 aromatic heterocycles. The van der Waals surface area contributed by atoms with Crippen LogP contribution < -0.4 is 11.1 Å². The summed E-state index contributed by atoms with van der Waals surface area (Å²) in [5.41, 5.74) is 4.51. The van der Waals surface area contributed by atoms with Gasteiger partial charge in [-0.2, -0.15) is 13.2 Å². The molecule has 1 atom stereocenters. The van der Waals surface area contributed by atoms with Crippen molar-refractivity contribution in [3.63, 3.8) is 0 Å². The minimum absolute atomic E-state index is 0.0498. The quantitative estimate of drug-likeness (QED) is 0.897. The van der Waals surface area contributed by atoms with Crippen LogP contribution in [0.25, 0.3) is 0 Å². The number of alkyl halides is 3. The Kier molecular flexibility index (Phi) is 4.75. The van der Waals surface area contributed by atoms with Gasteiger partial charge in [0.1, 0.15) is 0 Å². The number of rotatable bonds is 3. The minimum Gasteiger partial charge on any atom is -0.350 e. The Morgan fingerprint density at radius 1 is 1.50 bits per heavy atom. The number of benzene rings is 1. The highest BCUT2D eigenvalue weighted by Crippen LogP contribution is 2.35. The smallest absolute Gasteiger partial charge is 0.350 e. The van der Waals surface area contributed by atoms with Gasteiger partial charge in [-0.3, -0.25) is 4.79 Å². The average molecular weight is 325 g/mol. The molecule has 1 unspecified atom stereocenters. The Hall–Kier alpha value is -1.08. The van der Waals surface area contributed by atoms with Gasteiger partial charge in [0.2, 0.25) is 0 Å². The van der Waals surface area contributed by atoms with Crippen molar-refractivity contribution >= 4 is 21.8 Å². The summed E-state index contributed by atoms with van der Waals surface area (Å²) in [6.45, 7) is 1.89. The zero-order chi connectivity index (χ0) is 13.9. The molecular weight excluding hydrogens is 313 g/mol. The zero-order valence-electron chi connectivity index (χ0n) is 9.51. The van der Waals surface area contributed by atoms with Gasteiger partial charge < -0.3 is 11.1 Å². The lowest BCUT2D eigenvalue weighted by atomic mass is 10.1. The van der Waals surface area contributed by atoms with E-state index < -0.39 is 17.6 Å². The van der Waals surface area contributed by atoms with E-state index in [0.717, 1.165) is 6.07 Å². The van der Waals surface area contributed by atoms with Gasteiger partial charge in [0.15, 0.2) is 0 Å². The predicted molar refractivity (Wildman–Crippen MR) is 65.1 cm³/mol. The Bertz CT molecular complexity index is 446. The van der Waals surface area contributed by atoms with E-state index in [9.17, 15) is 18.0 Å². The van der Waals surface area contributed by atoms with Crippen molar-refractivity contribution in [3.8, 4) is 0 Å². The summed E-state index contributed by atoms with van der Waals surface area (Å²) in [5, 5.41) is 2.45. The van der Waals surface area contributed by atoms with Crippen molar-refractivity contribution in [1.29, 1.82) is 0 Å². The van der Waals surface area contributed by atoms with Crippen LogP contribution in [0.3, 0.4) is 0 Å². The first-order valence-corrected chi connectivity index (χ1v) is 5.91. The van der Waals surface area contributed by atoms with Gasteiger partial charge in [-0.05, 0) is 25.1 Å². The number of hydrogen-bond donors (Lipinski definition) is 2. The lowest BCUT2D eigenvalue weighted by Crippen LogP contribution is -2.35. The maximum atomic E-state index is 12.6. The van der Waals surface area contributed by atoms with Gasteiger partial charge in [0, 0.05) is 22.6 Å². The molecule has 7 heteroatoms. The van der Waals surface area contributed by atoms with Crippen molar-refractivity contribution in [2.24, 2.45) is 5.73 Å². The molecular formula is C11H12BrF3N2O. The van der Waals surface area contributed by atoms with Crippen LogP contribution in [0.1, 0.15) is 22.8 Å². The monoisotopic (exact) mass is 324 g/mol. The average Bonchev–Trinajstić information content (AvgIpc) is 2.24. The Morgan fingerprint density at radius 2 is 2.11 bits per heavy atom. The number of nitrogens with one attached hydrogen (secondary N) is 1. The van der Waals surface area contributed by atoms with Crippen molar-refractivity contribution in [3.05, 3.63) is 33.8 Å². The minimum atomic E-state index is -4.50. The molecule has 0 aliphatic heterocycles. The SMILES string of the molecule is CC(N)CNC(=O)c1ccc(Br)c(C(F)(F)F)c1. The fourth-order valence-electron chi connectivity index (χ4n) is 1.24. The van der Waals surface area contributed by atoms with Crippen molar-refractivity contribution < 1.29 is 18.0 Å². The summed E-state index contributed by atoms with van der Waals surface area (Å²) in [6, 6.07) is 3.06. The molecule has 0 aliphatic rings. The third kappa shape index (κ3) is 3.99. The summed E-state index contributed by atoms with van der Waals surface area (Å²) in [7, 11) is 0. The largest absolute Gasteiger partial charge is 0.417 e. The van der Waals surface area contributed by atoms with Crippen molar-refractivity contribution in [2.45, 2.75) is 19.1 Å². The summed E-state index contributed by atoms with van der Waals surface area (Å²) in [4.78, 5) is 11.6. The molecule has 0 fully saturated rings. The molecule has 0 saturated carbocycles. The van der Waals surface area contributed by atoms with Crippen LogP contribution >= 0.6 is 15.9 Å². The van der Waals surface area contributed by atoms with Crippen LogP contribution in [0.5, 0.6) is 0 Å². The molecule has 0 radical (unpaired) electrons. The number of hydrogen-bond acceptors (Lipinski definition) is 2. The molecule has 0 bridgehead atoms. The van der Waals surface area contributed by atoms with E-state index in [2.05, 4.69) is 21.2 Å². The van der Waals surface area contributed by atoms with E-state index in [1.165, 1.54) is 12.1 Å². The predicted octanol–water partition coefficient (Wildman–Crippen LogP) is 2.54. The number of halogens is 4. The summed E-state index contributed by atoms with van der Waals surface area (Å²) >= 11 is 2.81. The Balaban J connectivity index is 2.95. The van der Waals surface area contributed by atoms with Crippen LogP contribution in [0.4, 0.5) is 13.2 Å². The van der Waals surface area contributed by atoms with Crippen molar-refractivity contribution in [1.82, 2.24) is 5.32 Å². The van der Waals surface area contributed by atoms with Crippen molar-refractivity contribution in [2.75, 3.05) is 6.54 Å². The van der Waals surface area contributed by atoms with Gasteiger partial charge >= 0.3 is 6.18 Å². The maximum Gasteiger partial charge on any atom is 0.417 e. The third-order valence-electron chi connectivity index (χ3n) is 2.12. The van der Waals surface area contributed by atoms with Crippen LogP contribution in [0, 0.1) is 0 Å². The molecule has 3 nitrogen and oxygen atoms in total. The highest BCUT2D eigenvalue weighted by molar-refractivity contribution is 9.10. The lowest BCUT2D eigenvalue weighted by Gasteiger charge is -2.12. The highest BCUT2D eigenvalue weighted by atomic mass is 79.9. The third-order valence-corrected chi connectivity index (χ3v) is 2.81. The van der Waals surface area contributed by atoms with E-state index in [-0.39, 0.29) is 22.6 Å². The topological polar surface area (TPSA) is 55.1 Å². The van der Waals surface area contributed by atoms with Gasteiger partial charge in [0.25, 0.3) is 5.91 Å². The molecule has 0 spiro atoms. The number of carbonyl (C=O) groups excluding carboxylic acids is 1. The maximum absolute atomic E-state index is 12.6. The Labute approximate surface area is 111 Å².